The summed E-state index contributed by atoms with van der Waals surface area (Å²) in [6.07, 6.45) is -2.83. The number of thiophene rings is 1. The summed E-state index contributed by atoms with van der Waals surface area (Å²) >= 11 is 7.09. The predicted molar refractivity (Wildman–Crippen MR) is 129 cm³/mol. The number of halogens is 4. The average molecular weight is 544 g/mol. The van der Waals surface area contributed by atoms with Crippen LogP contribution in [0.4, 0.5) is 18.9 Å². The van der Waals surface area contributed by atoms with E-state index in [9.17, 15) is 27.6 Å². The van der Waals surface area contributed by atoms with Crippen LogP contribution in [0, 0.1) is 11.8 Å². The lowest BCUT2D eigenvalue weighted by Crippen LogP contribution is -2.40. The maximum absolute atomic E-state index is 13.3. The highest BCUT2D eigenvalue weighted by molar-refractivity contribution is 7.18. The SMILES string of the molecule is COC1c2c(NC(=O)c3ccc(Cl)s3)cccc2C(=O)N1CC1CCC(CNC(=O)C(F)(F)F)CC1. The summed E-state index contributed by atoms with van der Waals surface area (Å²) in [6.45, 7) is 0.403. The van der Waals surface area contributed by atoms with Crippen LogP contribution in [0.25, 0.3) is 0 Å². The van der Waals surface area contributed by atoms with Crippen molar-refractivity contribution in [2.75, 3.05) is 25.5 Å². The van der Waals surface area contributed by atoms with Gasteiger partial charge >= 0.3 is 12.1 Å². The van der Waals surface area contributed by atoms with E-state index in [-0.39, 0.29) is 30.2 Å². The minimum atomic E-state index is -4.88. The van der Waals surface area contributed by atoms with Gasteiger partial charge in [0, 0.05) is 37.0 Å². The van der Waals surface area contributed by atoms with Gasteiger partial charge in [-0.3, -0.25) is 14.4 Å². The van der Waals surface area contributed by atoms with Crippen LogP contribution in [0.5, 0.6) is 0 Å². The van der Waals surface area contributed by atoms with Crippen molar-refractivity contribution >= 4 is 46.3 Å². The van der Waals surface area contributed by atoms with Crippen molar-refractivity contribution in [3.05, 3.63) is 50.7 Å². The van der Waals surface area contributed by atoms with Gasteiger partial charge in [0.2, 0.25) is 0 Å². The molecule has 1 aliphatic carbocycles. The monoisotopic (exact) mass is 543 g/mol. The van der Waals surface area contributed by atoms with E-state index >= 15 is 0 Å². The van der Waals surface area contributed by atoms with Crippen LogP contribution < -0.4 is 10.6 Å². The summed E-state index contributed by atoms with van der Waals surface area (Å²) in [7, 11) is 1.50. The Morgan fingerprint density at radius 2 is 1.83 bits per heavy atom. The molecule has 36 heavy (non-hydrogen) atoms. The van der Waals surface area contributed by atoms with Gasteiger partial charge in [-0.05, 0) is 61.8 Å². The van der Waals surface area contributed by atoms with Crippen LogP contribution in [0.15, 0.2) is 30.3 Å². The lowest BCUT2D eigenvalue weighted by molar-refractivity contribution is -0.173. The van der Waals surface area contributed by atoms with Gasteiger partial charge in [0.1, 0.15) is 0 Å². The summed E-state index contributed by atoms with van der Waals surface area (Å²) in [6, 6.07) is 8.38. The number of nitrogens with one attached hydrogen (secondary N) is 2. The molecule has 1 atom stereocenters. The molecule has 0 radical (unpaired) electrons. The van der Waals surface area contributed by atoms with Crippen molar-refractivity contribution in [2.45, 2.75) is 38.1 Å². The van der Waals surface area contributed by atoms with E-state index in [1.54, 1.807) is 35.2 Å². The Bertz CT molecular complexity index is 1150. The zero-order valence-corrected chi connectivity index (χ0v) is 20.9. The molecule has 1 saturated carbocycles. The van der Waals surface area contributed by atoms with Crippen molar-refractivity contribution in [3.8, 4) is 0 Å². The highest BCUT2D eigenvalue weighted by atomic mass is 35.5. The number of hydrogen-bond donors (Lipinski definition) is 2. The second kappa shape index (κ2) is 10.8. The summed E-state index contributed by atoms with van der Waals surface area (Å²) in [5.41, 5.74) is 1.52. The molecule has 2 heterocycles. The third-order valence-electron chi connectivity index (χ3n) is 6.63. The van der Waals surface area contributed by atoms with Gasteiger partial charge in [-0.1, -0.05) is 17.7 Å². The average Bonchev–Trinajstić information content (AvgIpc) is 3.39. The molecule has 1 fully saturated rings. The number of carbonyl (C=O) groups excluding carboxylic acids is 3. The zero-order valence-electron chi connectivity index (χ0n) is 19.4. The van der Waals surface area contributed by atoms with Crippen molar-refractivity contribution in [2.24, 2.45) is 11.8 Å². The third-order valence-corrected chi connectivity index (χ3v) is 7.86. The van der Waals surface area contributed by atoms with E-state index in [0.717, 1.165) is 11.3 Å². The van der Waals surface area contributed by atoms with Gasteiger partial charge < -0.3 is 20.3 Å². The summed E-state index contributed by atoms with van der Waals surface area (Å²) in [5, 5.41) is 4.82. The molecule has 4 rings (SSSR count). The van der Waals surface area contributed by atoms with Crippen LogP contribution >= 0.6 is 22.9 Å². The third kappa shape index (κ3) is 5.68. The van der Waals surface area contributed by atoms with Crippen molar-refractivity contribution in [1.29, 1.82) is 0 Å². The van der Waals surface area contributed by atoms with E-state index in [0.29, 0.717) is 58.3 Å². The largest absolute Gasteiger partial charge is 0.471 e. The van der Waals surface area contributed by atoms with Crippen LogP contribution in [0.2, 0.25) is 4.34 Å². The minimum Gasteiger partial charge on any atom is -0.357 e. The number of methoxy groups -OCH3 is 1. The number of fused-ring (bicyclic) bond motifs is 1. The first-order valence-corrected chi connectivity index (χ1v) is 12.7. The summed E-state index contributed by atoms with van der Waals surface area (Å²) < 4.78 is 43.4. The molecule has 7 nitrogen and oxygen atoms in total. The minimum absolute atomic E-state index is 0.0155. The zero-order chi connectivity index (χ0) is 26.0. The van der Waals surface area contributed by atoms with E-state index in [2.05, 4.69) is 5.32 Å². The van der Waals surface area contributed by atoms with E-state index in [4.69, 9.17) is 16.3 Å². The smallest absolute Gasteiger partial charge is 0.357 e. The number of anilines is 1. The molecule has 3 amide bonds. The maximum atomic E-state index is 13.3. The van der Waals surface area contributed by atoms with E-state index in [1.165, 1.54) is 7.11 Å². The summed E-state index contributed by atoms with van der Waals surface area (Å²) in [4.78, 5) is 39.1. The Morgan fingerprint density at radius 1 is 1.14 bits per heavy atom. The quantitative estimate of drug-likeness (QED) is 0.500. The second-order valence-electron chi connectivity index (χ2n) is 8.96. The van der Waals surface area contributed by atoms with Gasteiger partial charge in [-0.2, -0.15) is 13.2 Å². The number of nitrogens with zero attached hydrogens (tertiary/aromatic N) is 1. The molecule has 1 unspecified atom stereocenters. The molecule has 0 saturated heterocycles. The van der Waals surface area contributed by atoms with Gasteiger partial charge in [0.05, 0.1) is 9.21 Å². The molecule has 12 heteroatoms. The number of rotatable bonds is 7. The first kappa shape index (κ1) is 26.4. The van der Waals surface area contributed by atoms with Gasteiger partial charge in [0.25, 0.3) is 11.8 Å². The maximum Gasteiger partial charge on any atom is 0.471 e. The Morgan fingerprint density at radius 3 is 2.44 bits per heavy atom. The van der Waals surface area contributed by atoms with Gasteiger partial charge in [0.15, 0.2) is 6.23 Å². The number of hydrogen-bond acceptors (Lipinski definition) is 5. The molecule has 194 valence electrons. The Kier molecular flexibility index (Phi) is 7.91. The van der Waals surface area contributed by atoms with Crippen molar-refractivity contribution < 1.29 is 32.3 Å². The molecular formula is C24H25ClF3N3O4S. The Hall–Kier alpha value is -2.63. The normalized spacial score (nSPS) is 21.9. The molecule has 1 aromatic carbocycles. The van der Waals surface area contributed by atoms with Crippen LogP contribution in [-0.2, 0) is 9.53 Å². The first-order chi connectivity index (χ1) is 17.1. The predicted octanol–water partition coefficient (Wildman–Crippen LogP) is 5.24. The molecular weight excluding hydrogens is 519 g/mol. The fourth-order valence-corrected chi connectivity index (χ4v) is 5.76. The van der Waals surface area contributed by atoms with E-state index < -0.39 is 18.3 Å². The number of ether oxygens (including phenoxy) is 1. The molecule has 0 spiro atoms. The number of benzene rings is 1. The second-order valence-corrected chi connectivity index (χ2v) is 10.7. The lowest BCUT2D eigenvalue weighted by atomic mass is 9.81. The molecule has 1 aromatic heterocycles. The Balaban J connectivity index is 1.39. The number of alkyl halides is 3. The first-order valence-electron chi connectivity index (χ1n) is 11.5. The van der Waals surface area contributed by atoms with Crippen molar-refractivity contribution in [1.82, 2.24) is 10.2 Å². The highest BCUT2D eigenvalue weighted by Gasteiger charge is 2.41. The van der Waals surface area contributed by atoms with Crippen LogP contribution in [0.1, 0.15) is 57.5 Å². The fourth-order valence-electron chi connectivity index (χ4n) is 4.82. The van der Waals surface area contributed by atoms with E-state index in [1.807, 2.05) is 5.32 Å². The number of carbonyl (C=O) groups is 3. The number of amides is 3. The summed E-state index contributed by atoms with van der Waals surface area (Å²) in [5.74, 6) is -2.35. The topological polar surface area (TPSA) is 87.7 Å². The van der Waals surface area contributed by atoms with Gasteiger partial charge in [-0.15, -0.1) is 11.3 Å². The molecule has 2 aromatic rings. The molecule has 2 aliphatic rings. The van der Waals surface area contributed by atoms with Crippen LogP contribution in [-0.4, -0.2) is 49.0 Å². The molecule has 2 N–H and O–H groups in total. The highest BCUT2D eigenvalue weighted by Crippen LogP contribution is 2.41. The van der Waals surface area contributed by atoms with Crippen LogP contribution in [0.3, 0.4) is 0 Å². The standard InChI is InChI=1S/C24H25ClF3N3O4S/c1-35-22-19-15(3-2-4-16(19)30-20(32)17-9-10-18(25)36-17)21(33)31(22)12-14-7-5-13(6-8-14)11-29-23(34)24(26,27)28/h2-4,9-10,13-14,22H,5-8,11-12H2,1H3,(H,29,34)(H,30,32). The Labute approximate surface area is 214 Å². The molecule has 1 aliphatic heterocycles. The fraction of sp³-hybridized carbons (Fsp3) is 0.458. The lowest BCUT2D eigenvalue weighted by Gasteiger charge is -2.33. The van der Waals surface area contributed by atoms with Gasteiger partial charge in [-0.25, -0.2) is 0 Å². The molecule has 0 bridgehead atoms. The van der Waals surface area contributed by atoms with Crippen molar-refractivity contribution in [3.63, 3.8) is 0 Å².